The molecule has 23 heavy (non-hydrogen) atoms. The molecule has 3 rings (SSSR count). The number of nitrogens with zero attached hydrogens (tertiary/aromatic N) is 3. The lowest BCUT2D eigenvalue weighted by molar-refractivity contribution is -0.117. The SMILES string of the molecule is Cc1ccc(/C=C/C(=O)NC(C)c2nnc3ccccn23)cc1. The van der Waals surface area contributed by atoms with Crippen molar-refractivity contribution in [2.45, 2.75) is 19.9 Å². The summed E-state index contributed by atoms with van der Waals surface area (Å²) < 4.78 is 1.87. The molecule has 0 bridgehead atoms. The second-order valence-electron chi connectivity index (χ2n) is 5.46. The summed E-state index contributed by atoms with van der Waals surface area (Å²) in [5, 5.41) is 11.1. The maximum atomic E-state index is 12.1. The molecule has 1 N–H and O–H groups in total. The Balaban J connectivity index is 1.68. The number of pyridine rings is 1. The minimum Gasteiger partial charge on any atom is -0.343 e. The minimum atomic E-state index is -0.234. The van der Waals surface area contributed by atoms with Crippen LogP contribution in [0.2, 0.25) is 0 Å². The van der Waals surface area contributed by atoms with Gasteiger partial charge in [0.15, 0.2) is 11.5 Å². The summed E-state index contributed by atoms with van der Waals surface area (Å²) in [4.78, 5) is 12.1. The number of aromatic nitrogens is 3. The summed E-state index contributed by atoms with van der Waals surface area (Å²) in [6.07, 6.45) is 5.21. The van der Waals surface area contributed by atoms with Crippen LogP contribution >= 0.6 is 0 Å². The average molecular weight is 306 g/mol. The van der Waals surface area contributed by atoms with Gasteiger partial charge in [0.25, 0.3) is 0 Å². The normalized spacial score (nSPS) is 12.6. The van der Waals surface area contributed by atoms with Crippen molar-refractivity contribution in [2.24, 2.45) is 0 Å². The minimum absolute atomic E-state index is 0.161. The molecule has 1 amide bonds. The molecule has 5 nitrogen and oxygen atoms in total. The summed E-state index contributed by atoms with van der Waals surface area (Å²) in [7, 11) is 0. The van der Waals surface area contributed by atoms with Crippen LogP contribution in [0.25, 0.3) is 11.7 Å². The third kappa shape index (κ3) is 3.45. The van der Waals surface area contributed by atoms with Crippen molar-refractivity contribution in [3.8, 4) is 0 Å². The fourth-order valence-corrected chi connectivity index (χ4v) is 2.33. The number of hydrogen-bond donors (Lipinski definition) is 1. The number of carbonyl (C=O) groups excluding carboxylic acids is 1. The molecule has 0 aliphatic carbocycles. The fraction of sp³-hybridized carbons (Fsp3) is 0.167. The first-order valence-electron chi connectivity index (χ1n) is 7.48. The summed E-state index contributed by atoms with van der Waals surface area (Å²) in [5.41, 5.74) is 2.95. The van der Waals surface area contributed by atoms with Crippen LogP contribution in [-0.4, -0.2) is 20.5 Å². The number of nitrogens with one attached hydrogen (secondary N) is 1. The van der Waals surface area contributed by atoms with Crippen molar-refractivity contribution < 1.29 is 4.79 Å². The number of benzene rings is 1. The highest BCUT2D eigenvalue weighted by Gasteiger charge is 2.14. The first-order valence-corrected chi connectivity index (χ1v) is 7.48. The van der Waals surface area contributed by atoms with Gasteiger partial charge < -0.3 is 5.32 Å². The van der Waals surface area contributed by atoms with Crippen molar-refractivity contribution in [2.75, 3.05) is 0 Å². The molecule has 1 unspecified atom stereocenters. The van der Waals surface area contributed by atoms with Gasteiger partial charge in [0, 0.05) is 12.3 Å². The Hall–Kier alpha value is -2.95. The summed E-state index contributed by atoms with van der Waals surface area (Å²) in [5.74, 6) is 0.545. The highest BCUT2D eigenvalue weighted by molar-refractivity contribution is 5.91. The number of fused-ring (bicyclic) bond motifs is 1. The van der Waals surface area contributed by atoms with Crippen LogP contribution in [0.4, 0.5) is 0 Å². The van der Waals surface area contributed by atoms with Crippen LogP contribution in [0.15, 0.2) is 54.7 Å². The molecule has 0 aliphatic heterocycles. The van der Waals surface area contributed by atoms with Crippen LogP contribution < -0.4 is 5.32 Å². The Labute approximate surface area is 134 Å². The van der Waals surface area contributed by atoms with Crippen molar-refractivity contribution in [1.29, 1.82) is 0 Å². The molecule has 0 aliphatic rings. The molecule has 1 aromatic carbocycles. The van der Waals surface area contributed by atoms with Gasteiger partial charge in [-0.25, -0.2) is 0 Å². The van der Waals surface area contributed by atoms with E-state index in [4.69, 9.17) is 0 Å². The van der Waals surface area contributed by atoms with Gasteiger partial charge >= 0.3 is 0 Å². The topological polar surface area (TPSA) is 59.3 Å². The van der Waals surface area contributed by atoms with Gasteiger partial charge in [-0.1, -0.05) is 35.9 Å². The number of rotatable bonds is 4. The number of carbonyl (C=O) groups is 1. The number of aryl methyl sites for hydroxylation is 1. The van der Waals surface area contributed by atoms with E-state index in [1.165, 1.54) is 11.6 Å². The first-order chi connectivity index (χ1) is 11.1. The quantitative estimate of drug-likeness (QED) is 0.754. The molecule has 116 valence electrons. The lowest BCUT2D eigenvalue weighted by Gasteiger charge is -2.10. The molecular weight excluding hydrogens is 288 g/mol. The molecule has 1 atom stereocenters. The summed E-state index contributed by atoms with van der Waals surface area (Å²) in [6.45, 7) is 3.92. The van der Waals surface area contributed by atoms with Gasteiger partial charge in [-0.15, -0.1) is 10.2 Å². The highest BCUT2D eigenvalue weighted by atomic mass is 16.1. The Morgan fingerprint density at radius 1 is 1.17 bits per heavy atom. The largest absolute Gasteiger partial charge is 0.343 e. The molecule has 2 heterocycles. The average Bonchev–Trinajstić information content (AvgIpc) is 2.98. The Morgan fingerprint density at radius 3 is 2.74 bits per heavy atom. The molecular formula is C18H18N4O. The van der Waals surface area contributed by atoms with Crippen LogP contribution in [0, 0.1) is 6.92 Å². The molecule has 0 spiro atoms. The molecule has 0 saturated heterocycles. The Bertz CT molecular complexity index is 849. The van der Waals surface area contributed by atoms with Gasteiger partial charge in [-0.2, -0.15) is 0 Å². The first kappa shape index (κ1) is 15.0. The summed E-state index contributed by atoms with van der Waals surface area (Å²) >= 11 is 0. The molecule has 0 saturated carbocycles. The van der Waals surface area contributed by atoms with Crippen molar-refractivity contribution in [3.05, 3.63) is 71.7 Å². The standard InChI is InChI=1S/C18H18N4O/c1-13-6-8-15(9-7-13)10-11-17(23)19-14(2)18-21-20-16-5-3-4-12-22(16)18/h3-12,14H,1-2H3,(H,19,23)/b11-10+. The number of amides is 1. The van der Waals surface area contributed by atoms with E-state index in [0.29, 0.717) is 5.82 Å². The van der Waals surface area contributed by atoms with Crippen molar-refractivity contribution in [3.63, 3.8) is 0 Å². The molecule has 5 heteroatoms. The zero-order valence-electron chi connectivity index (χ0n) is 13.1. The highest BCUT2D eigenvalue weighted by Crippen LogP contribution is 2.12. The van der Waals surface area contributed by atoms with E-state index in [2.05, 4.69) is 15.5 Å². The zero-order chi connectivity index (χ0) is 16.2. The molecule has 0 fully saturated rings. The molecule has 0 radical (unpaired) electrons. The van der Waals surface area contributed by atoms with Gasteiger partial charge in [0.05, 0.1) is 6.04 Å². The van der Waals surface area contributed by atoms with Gasteiger partial charge in [-0.3, -0.25) is 9.20 Å². The third-order valence-corrected chi connectivity index (χ3v) is 3.59. The van der Waals surface area contributed by atoms with Crippen LogP contribution in [-0.2, 0) is 4.79 Å². The van der Waals surface area contributed by atoms with Gasteiger partial charge in [0.2, 0.25) is 5.91 Å². The second-order valence-corrected chi connectivity index (χ2v) is 5.46. The molecule has 3 aromatic rings. The van der Waals surface area contributed by atoms with E-state index in [0.717, 1.165) is 11.2 Å². The number of hydrogen-bond acceptors (Lipinski definition) is 3. The lowest BCUT2D eigenvalue weighted by atomic mass is 10.1. The maximum Gasteiger partial charge on any atom is 0.244 e. The van der Waals surface area contributed by atoms with Gasteiger partial charge in [-0.05, 0) is 37.6 Å². The van der Waals surface area contributed by atoms with Crippen molar-refractivity contribution in [1.82, 2.24) is 19.9 Å². The lowest BCUT2D eigenvalue weighted by Crippen LogP contribution is -2.26. The third-order valence-electron chi connectivity index (χ3n) is 3.59. The predicted molar refractivity (Wildman–Crippen MR) is 89.8 cm³/mol. The van der Waals surface area contributed by atoms with Crippen molar-refractivity contribution >= 4 is 17.6 Å². The van der Waals surface area contributed by atoms with E-state index >= 15 is 0 Å². The Kier molecular flexibility index (Phi) is 4.19. The van der Waals surface area contributed by atoms with Crippen LogP contribution in [0.3, 0.4) is 0 Å². The van der Waals surface area contributed by atoms with E-state index in [1.807, 2.05) is 66.9 Å². The zero-order valence-corrected chi connectivity index (χ0v) is 13.1. The van der Waals surface area contributed by atoms with Crippen LogP contribution in [0.5, 0.6) is 0 Å². The van der Waals surface area contributed by atoms with E-state index in [-0.39, 0.29) is 11.9 Å². The van der Waals surface area contributed by atoms with E-state index < -0.39 is 0 Å². The summed E-state index contributed by atoms with van der Waals surface area (Å²) in [6, 6.07) is 13.5. The van der Waals surface area contributed by atoms with Gasteiger partial charge in [0.1, 0.15) is 0 Å². The molecule has 2 aromatic heterocycles. The van der Waals surface area contributed by atoms with E-state index in [9.17, 15) is 4.79 Å². The fourth-order valence-electron chi connectivity index (χ4n) is 2.33. The van der Waals surface area contributed by atoms with E-state index in [1.54, 1.807) is 6.08 Å². The monoisotopic (exact) mass is 306 g/mol. The maximum absolute atomic E-state index is 12.1. The van der Waals surface area contributed by atoms with Crippen LogP contribution in [0.1, 0.15) is 29.9 Å². The smallest absolute Gasteiger partial charge is 0.244 e. The second kappa shape index (κ2) is 6.44. The predicted octanol–water partition coefficient (Wildman–Crippen LogP) is 2.93. The Morgan fingerprint density at radius 2 is 1.96 bits per heavy atom.